The molecule has 3 aromatic rings. The van der Waals surface area contributed by atoms with Gasteiger partial charge in [-0.2, -0.15) is 0 Å². The SMILES string of the molecule is Cc1cccc(CSc2nnc(COc3ccc(Cl)cc3Cl)n2C)c1. The normalized spacial score (nSPS) is 10.9. The number of nitrogens with zero attached hydrogens (tertiary/aromatic N) is 3. The lowest BCUT2D eigenvalue weighted by atomic mass is 10.2. The lowest BCUT2D eigenvalue weighted by Crippen LogP contribution is -2.04. The summed E-state index contributed by atoms with van der Waals surface area (Å²) in [6.07, 6.45) is 0. The zero-order valence-electron chi connectivity index (χ0n) is 13.9. The molecule has 0 aliphatic heterocycles. The topological polar surface area (TPSA) is 39.9 Å². The average molecular weight is 394 g/mol. The second kappa shape index (κ2) is 8.13. The number of ether oxygens (including phenoxy) is 1. The van der Waals surface area contributed by atoms with Crippen LogP contribution in [-0.4, -0.2) is 14.8 Å². The molecule has 1 aromatic heterocycles. The van der Waals surface area contributed by atoms with E-state index in [4.69, 9.17) is 27.9 Å². The minimum atomic E-state index is 0.288. The lowest BCUT2D eigenvalue weighted by Gasteiger charge is -2.08. The fourth-order valence-corrected chi connectivity index (χ4v) is 3.62. The molecule has 25 heavy (non-hydrogen) atoms. The number of rotatable bonds is 6. The van der Waals surface area contributed by atoms with Crippen molar-refractivity contribution in [1.29, 1.82) is 0 Å². The number of aromatic nitrogens is 3. The Labute approximate surface area is 161 Å². The summed E-state index contributed by atoms with van der Waals surface area (Å²) in [6.45, 7) is 2.38. The first-order valence-electron chi connectivity index (χ1n) is 7.67. The van der Waals surface area contributed by atoms with Gasteiger partial charge in [-0.3, -0.25) is 0 Å². The van der Waals surface area contributed by atoms with E-state index in [1.165, 1.54) is 11.1 Å². The van der Waals surface area contributed by atoms with Gasteiger partial charge < -0.3 is 9.30 Å². The van der Waals surface area contributed by atoms with Gasteiger partial charge in [0.25, 0.3) is 0 Å². The van der Waals surface area contributed by atoms with Crippen LogP contribution in [0.2, 0.25) is 10.0 Å². The molecule has 0 aliphatic rings. The molecule has 0 N–H and O–H groups in total. The molecule has 0 unspecified atom stereocenters. The highest BCUT2D eigenvalue weighted by Crippen LogP contribution is 2.28. The minimum Gasteiger partial charge on any atom is -0.484 e. The molecule has 7 heteroatoms. The second-order valence-corrected chi connectivity index (χ2v) is 7.39. The summed E-state index contributed by atoms with van der Waals surface area (Å²) in [7, 11) is 1.93. The number of aryl methyl sites for hydroxylation is 1. The standard InChI is InChI=1S/C18H17Cl2N3OS/c1-12-4-3-5-13(8-12)11-25-18-22-21-17(23(18)2)10-24-16-7-6-14(19)9-15(16)20/h3-9H,10-11H2,1-2H3. The Morgan fingerprint density at radius 2 is 1.96 bits per heavy atom. The van der Waals surface area contributed by atoms with E-state index in [1.807, 2.05) is 11.6 Å². The van der Waals surface area contributed by atoms with Crippen LogP contribution < -0.4 is 4.74 Å². The molecule has 1 heterocycles. The van der Waals surface area contributed by atoms with Gasteiger partial charge in [0.2, 0.25) is 0 Å². The van der Waals surface area contributed by atoms with Crippen molar-refractivity contribution in [3.63, 3.8) is 0 Å². The van der Waals surface area contributed by atoms with E-state index < -0.39 is 0 Å². The van der Waals surface area contributed by atoms with Gasteiger partial charge in [-0.15, -0.1) is 10.2 Å². The molecule has 130 valence electrons. The van der Waals surface area contributed by atoms with Gasteiger partial charge >= 0.3 is 0 Å². The largest absolute Gasteiger partial charge is 0.484 e. The summed E-state index contributed by atoms with van der Waals surface area (Å²) in [5, 5.41) is 10.3. The molecule has 0 spiro atoms. The van der Waals surface area contributed by atoms with Gasteiger partial charge in [0, 0.05) is 17.8 Å². The summed E-state index contributed by atoms with van der Waals surface area (Å²) in [6, 6.07) is 13.6. The molecule has 3 rings (SSSR count). The molecule has 0 atom stereocenters. The van der Waals surface area contributed by atoms with Crippen LogP contribution in [0.5, 0.6) is 5.75 Å². The van der Waals surface area contributed by atoms with Gasteiger partial charge in [0.1, 0.15) is 12.4 Å². The zero-order valence-corrected chi connectivity index (χ0v) is 16.2. The van der Waals surface area contributed by atoms with Crippen molar-refractivity contribution in [2.24, 2.45) is 7.05 Å². The molecule has 2 aromatic carbocycles. The molecular formula is C18H17Cl2N3OS. The molecule has 4 nitrogen and oxygen atoms in total. The molecule has 0 amide bonds. The van der Waals surface area contributed by atoms with Crippen molar-refractivity contribution >= 4 is 35.0 Å². The van der Waals surface area contributed by atoms with Crippen LogP contribution in [0, 0.1) is 6.92 Å². The van der Waals surface area contributed by atoms with Gasteiger partial charge in [-0.25, -0.2) is 0 Å². The highest BCUT2D eigenvalue weighted by molar-refractivity contribution is 7.98. The molecule has 0 fully saturated rings. The van der Waals surface area contributed by atoms with E-state index in [0.29, 0.717) is 15.8 Å². The van der Waals surface area contributed by atoms with Crippen molar-refractivity contribution in [3.8, 4) is 5.75 Å². The summed E-state index contributed by atoms with van der Waals surface area (Å²) in [5.41, 5.74) is 2.52. The molecule has 0 aliphatic carbocycles. The van der Waals surface area contributed by atoms with Crippen LogP contribution in [0.15, 0.2) is 47.6 Å². The third-order valence-corrected chi connectivity index (χ3v) is 5.25. The summed E-state index contributed by atoms with van der Waals surface area (Å²) in [5.74, 6) is 2.15. The first-order valence-corrected chi connectivity index (χ1v) is 9.41. The first kappa shape index (κ1) is 18.1. The molecule has 0 saturated carbocycles. The van der Waals surface area contributed by atoms with Crippen LogP contribution in [0.25, 0.3) is 0 Å². The monoisotopic (exact) mass is 393 g/mol. The Morgan fingerprint density at radius 1 is 1.12 bits per heavy atom. The highest BCUT2D eigenvalue weighted by atomic mass is 35.5. The highest BCUT2D eigenvalue weighted by Gasteiger charge is 2.11. The maximum Gasteiger partial charge on any atom is 0.191 e. The Balaban J connectivity index is 1.62. The van der Waals surface area contributed by atoms with E-state index in [9.17, 15) is 0 Å². The average Bonchev–Trinajstić information content (AvgIpc) is 2.92. The Hall–Kier alpha value is -1.69. The van der Waals surface area contributed by atoms with Crippen molar-refractivity contribution in [3.05, 3.63) is 69.5 Å². The van der Waals surface area contributed by atoms with Gasteiger partial charge in [0.05, 0.1) is 5.02 Å². The van der Waals surface area contributed by atoms with Crippen molar-refractivity contribution < 1.29 is 4.74 Å². The van der Waals surface area contributed by atoms with Gasteiger partial charge in [0.15, 0.2) is 11.0 Å². The van der Waals surface area contributed by atoms with Crippen LogP contribution >= 0.6 is 35.0 Å². The van der Waals surface area contributed by atoms with E-state index >= 15 is 0 Å². The van der Waals surface area contributed by atoms with Crippen molar-refractivity contribution in [1.82, 2.24) is 14.8 Å². The van der Waals surface area contributed by atoms with Crippen LogP contribution in [0.3, 0.4) is 0 Å². The Morgan fingerprint density at radius 3 is 2.72 bits per heavy atom. The fraction of sp³-hybridized carbons (Fsp3) is 0.222. The van der Waals surface area contributed by atoms with Crippen LogP contribution in [-0.2, 0) is 19.4 Å². The molecule has 0 saturated heterocycles. The molecule has 0 radical (unpaired) electrons. The first-order chi connectivity index (χ1) is 12.0. The second-order valence-electron chi connectivity index (χ2n) is 5.60. The predicted molar refractivity (Wildman–Crippen MR) is 103 cm³/mol. The van der Waals surface area contributed by atoms with E-state index in [0.717, 1.165) is 16.7 Å². The minimum absolute atomic E-state index is 0.288. The maximum absolute atomic E-state index is 6.11. The number of hydrogen-bond acceptors (Lipinski definition) is 4. The summed E-state index contributed by atoms with van der Waals surface area (Å²) in [4.78, 5) is 0. The maximum atomic E-state index is 6.11. The number of halogens is 2. The quantitative estimate of drug-likeness (QED) is 0.532. The van der Waals surface area contributed by atoms with E-state index in [-0.39, 0.29) is 6.61 Å². The fourth-order valence-electron chi connectivity index (χ4n) is 2.28. The molecule has 0 bridgehead atoms. The smallest absolute Gasteiger partial charge is 0.191 e. The van der Waals surface area contributed by atoms with Gasteiger partial charge in [-0.1, -0.05) is 64.8 Å². The number of benzene rings is 2. The third kappa shape index (κ3) is 4.69. The Bertz CT molecular complexity index is 883. The lowest BCUT2D eigenvalue weighted by molar-refractivity contribution is 0.290. The van der Waals surface area contributed by atoms with E-state index in [1.54, 1.807) is 30.0 Å². The van der Waals surface area contributed by atoms with Crippen LogP contribution in [0.4, 0.5) is 0 Å². The Kier molecular flexibility index (Phi) is 5.89. The number of hydrogen-bond donors (Lipinski definition) is 0. The van der Waals surface area contributed by atoms with Crippen molar-refractivity contribution in [2.75, 3.05) is 0 Å². The predicted octanol–water partition coefficient (Wildman–Crippen LogP) is 5.30. The number of thioether (sulfide) groups is 1. The third-order valence-electron chi connectivity index (χ3n) is 3.63. The van der Waals surface area contributed by atoms with E-state index in [2.05, 4.69) is 41.4 Å². The summed E-state index contributed by atoms with van der Waals surface area (Å²) < 4.78 is 7.66. The van der Waals surface area contributed by atoms with Crippen LogP contribution in [0.1, 0.15) is 17.0 Å². The van der Waals surface area contributed by atoms with Gasteiger partial charge in [-0.05, 0) is 30.7 Å². The van der Waals surface area contributed by atoms with Crippen molar-refractivity contribution in [2.45, 2.75) is 24.4 Å². The molecular weight excluding hydrogens is 377 g/mol. The summed E-state index contributed by atoms with van der Waals surface area (Å²) >= 11 is 13.6. The zero-order chi connectivity index (χ0) is 17.8.